The molecule has 1 aromatic rings. The highest BCUT2D eigenvalue weighted by Crippen LogP contribution is 1.92. The minimum absolute atomic E-state index is 0.0600. The van der Waals surface area contributed by atoms with Gasteiger partial charge in [-0.2, -0.15) is 0 Å². The highest BCUT2D eigenvalue weighted by molar-refractivity contribution is 5.79. The highest BCUT2D eigenvalue weighted by atomic mass is 16.2. The Balaban J connectivity index is 2.16. The number of nitrogens with two attached hydrogens (primary N) is 1. The molecule has 6 heteroatoms. The fourth-order valence-electron chi connectivity index (χ4n) is 1.17. The molecule has 0 bridgehead atoms. The summed E-state index contributed by atoms with van der Waals surface area (Å²) in [5, 5.41) is 5.23. The van der Waals surface area contributed by atoms with Crippen LogP contribution < -0.4 is 16.4 Å². The molecule has 17 heavy (non-hydrogen) atoms. The predicted octanol–water partition coefficient (Wildman–Crippen LogP) is -0.837. The average Bonchev–Trinajstić information content (AvgIpc) is 2.37. The smallest absolute Gasteiger partial charge is 0.233 e. The summed E-state index contributed by atoms with van der Waals surface area (Å²) in [5.74, 6) is -0.393. The number of carbonyl (C=O) groups is 2. The van der Waals surface area contributed by atoms with Crippen molar-refractivity contribution in [3.05, 3.63) is 30.1 Å². The number of nitrogens with zero attached hydrogens (tertiary/aromatic N) is 1. The summed E-state index contributed by atoms with van der Waals surface area (Å²) < 4.78 is 0. The third kappa shape index (κ3) is 5.62. The number of rotatable bonds is 6. The normalized spacial score (nSPS) is 9.71. The summed E-state index contributed by atoms with van der Waals surface area (Å²) in [5.41, 5.74) is 5.90. The van der Waals surface area contributed by atoms with Crippen LogP contribution in [-0.4, -0.2) is 29.9 Å². The van der Waals surface area contributed by atoms with E-state index >= 15 is 0 Å². The summed E-state index contributed by atoms with van der Waals surface area (Å²) in [6.45, 7) is 0.629. The fraction of sp³-hybridized carbons (Fsp3) is 0.364. The second-order valence-electron chi connectivity index (χ2n) is 3.40. The van der Waals surface area contributed by atoms with Crippen LogP contribution in [-0.2, 0) is 16.1 Å². The van der Waals surface area contributed by atoms with Gasteiger partial charge < -0.3 is 16.4 Å². The topological polar surface area (TPSA) is 97.1 Å². The fourth-order valence-corrected chi connectivity index (χ4v) is 1.17. The van der Waals surface area contributed by atoms with Gasteiger partial charge in [0.1, 0.15) is 0 Å². The first kappa shape index (κ1) is 13.1. The molecule has 0 spiro atoms. The number of amides is 2. The first-order valence-electron chi connectivity index (χ1n) is 5.35. The van der Waals surface area contributed by atoms with Gasteiger partial charge in [-0.05, 0) is 12.1 Å². The van der Waals surface area contributed by atoms with Crippen molar-refractivity contribution in [1.82, 2.24) is 15.6 Å². The predicted molar refractivity (Wildman–Crippen MR) is 62.8 cm³/mol. The number of aromatic nitrogens is 1. The van der Waals surface area contributed by atoms with Gasteiger partial charge in [0.2, 0.25) is 11.8 Å². The molecule has 1 rings (SSSR count). The maximum absolute atomic E-state index is 11.4. The lowest BCUT2D eigenvalue weighted by atomic mass is 10.3. The number of nitrogens with one attached hydrogen (secondary N) is 2. The maximum atomic E-state index is 11.4. The minimum Gasteiger partial charge on any atom is -0.354 e. The molecular formula is C11H16N4O2. The van der Waals surface area contributed by atoms with Crippen molar-refractivity contribution in [3.63, 3.8) is 0 Å². The molecule has 0 aliphatic rings. The van der Waals surface area contributed by atoms with Crippen LogP contribution in [0.2, 0.25) is 0 Å². The van der Waals surface area contributed by atoms with Crippen molar-refractivity contribution in [1.29, 1.82) is 0 Å². The van der Waals surface area contributed by atoms with Gasteiger partial charge in [-0.3, -0.25) is 14.6 Å². The molecule has 0 fully saturated rings. The van der Waals surface area contributed by atoms with Crippen molar-refractivity contribution in [2.45, 2.75) is 13.0 Å². The van der Waals surface area contributed by atoms with Gasteiger partial charge >= 0.3 is 0 Å². The molecule has 2 amide bonds. The van der Waals surface area contributed by atoms with Crippen LogP contribution in [0, 0.1) is 0 Å². The largest absolute Gasteiger partial charge is 0.354 e. The van der Waals surface area contributed by atoms with Crippen LogP contribution in [0.25, 0.3) is 0 Å². The Kier molecular flexibility index (Phi) is 5.67. The van der Waals surface area contributed by atoms with Crippen LogP contribution >= 0.6 is 0 Å². The van der Waals surface area contributed by atoms with Crippen LogP contribution in [0.15, 0.2) is 24.4 Å². The van der Waals surface area contributed by atoms with E-state index in [9.17, 15) is 9.59 Å². The van der Waals surface area contributed by atoms with Crippen LogP contribution in [0.3, 0.4) is 0 Å². The van der Waals surface area contributed by atoms with E-state index in [0.29, 0.717) is 13.1 Å². The summed E-state index contributed by atoms with van der Waals surface area (Å²) in [6.07, 6.45) is 1.90. The van der Waals surface area contributed by atoms with Gasteiger partial charge in [-0.25, -0.2) is 0 Å². The lowest BCUT2D eigenvalue weighted by Gasteiger charge is -2.05. The highest BCUT2D eigenvalue weighted by Gasteiger charge is 2.02. The van der Waals surface area contributed by atoms with E-state index in [-0.39, 0.29) is 24.8 Å². The Morgan fingerprint density at radius 1 is 1.24 bits per heavy atom. The standard InChI is InChI=1S/C11H16N4O2/c12-7-11(17)14-6-4-10(16)15-8-9-3-1-2-5-13-9/h1-3,5H,4,6-8,12H2,(H,14,17)(H,15,16). The number of pyridine rings is 1. The van der Waals surface area contributed by atoms with Crippen LogP contribution in [0.5, 0.6) is 0 Å². The molecule has 4 N–H and O–H groups in total. The van der Waals surface area contributed by atoms with Crippen molar-refractivity contribution in [2.24, 2.45) is 5.73 Å². The van der Waals surface area contributed by atoms with Crippen LogP contribution in [0.4, 0.5) is 0 Å². The average molecular weight is 236 g/mol. The van der Waals surface area contributed by atoms with Crippen LogP contribution in [0.1, 0.15) is 12.1 Å². The van der Waals surface area contributed by atoms with E-state index in [2.05, 4.69) is 15.6 Å². The van der Waals surface area contributed by atoms with Gasteiger partial charge in [0.15, 0.2) is 0 Å². The van der Waals surface area contributed by atoms with Gasteiger partial charge in [0.05, 0.1) is 18.8 Å². The summed E-state index contributed by atoms with van der Waals surface area (Å²) >= 11 is 0. The monoisotopic (exact) mass is 236 g/mol. The van der Waals surface area contributed by atoms with E-state index in [1.54, 1.807) is 6.20 Å². The second kappa shape index (κ2) is 7.34. The van der Waals surface area contributed by atoms with E-state index in [1.165, 1.54) is 0 Å². The lowest BCUT2D eigenvalue weighted by molar-refractivity contribution is -0.121. The maximum Gasteiger partial charge on any atom is 0.233 e. The van der Waals surface area contributed by atoms with Gasteiger partial charge in [-0.1, -0.05) is 6.07 Å². The van der Waals surface area contributed by atoms with Crippen molar-refractivity contribution in [2.75, 3.05) is 13.1 Å². The van der Waals surface area contributed by atoms with Gasteiger partial charge in [0.25, 0.3) is 0 Å². The number of hydrogen-bond acceptors (Lipinski definition) is 4. The molecule has 0 aromatic carbocycles. The Bertz CT molecular complexity index is 367. The summed E-state index contributed by atoms with van der Waals surface area (Å²) in [6, 6.07) is 5.50. The molecule has 0 saturated heterocycles. The second-order valence-corrected chi connectivity index (χ2v) is 3.40. The molecule has 92 valence electrons. The van der Waals surface area contributed by atoms with Crippen molar-refractivity contribution in [3.8, 4) is 0 Å². The SMILES string of the molecule is NCC(=O)NCCC(=O)NCc1ccccn1. The molecular weight excluding hydrogens is 220 g/mol. The molecule has 0 saturated carbocycles. The van der Waals surface area contributed by atoms with E-state index in [1.807, 2.05) is 18.2 Å². The van der Waals surface area contributed by atoms with E-state index < -0.39 is 0 Å². The van der Waals surface area contributed by atoms with Gasteiger partial charge in [0, 0.05) is 19.2 Å². The third-order valence-corrected chi connectivity index (χ3v) is 2.05. The Morgan fingerprint density at radius 2 is 2.06 bits per heavy atom. The molecule has 1 heterocycles. The first-order chi connectivity index (χ1) is 8.22. The molecule has 0 aliphatic carbocycles. The Morgan fingerprint density at radius 3 is 2.71 bits per heavy atom. The number of carbonyl (C=O) groups excluding carboxylic acids is 2. The molecule has 0 radical (unpaired) electrons. The molecule has 6 nitrogen and oxygen atoms in total. The molecule has 0 atom stereocenters. The first-order valence-corrected chi connectivity index (χ1v) is 5.35. The third-order valence-electron chi connectivity index (χ3n) is 2.05. The zero-order valence-corrected chi connectivity index (χ0v) is 9.48. The Labute approximate surface area is 99.6 Å². The molecule has 0 aliphatic heterocycles. The molecule has 0 unspecified atom stereocenters. The Hall–Kier alpha value is -1.95. The lowest BCUT2D eigenvalue weighted by Crippen LogP contribution is -2.34. The number of hydrogen-bond donors (Lipinski definition) is 3. The van der Waals surface area contributed by atoms with E-state index in [0.717, 1.165) is 5.69 Å². The zero-order chi connectivity index (χ0) is 12.5. The summed E-state index contributed by atoms with van der Waals surface area (Å²) in [7, 11) is 0. The van der Waals surface area contributed by atoms with Gasteiger partial charge in [-0.15, -0.1) is 0 Å². The zero-order valence-electron chi connectivity index (χ0n) is 9.48. The quantitative estimate of drug-likeness (QED) is 0.600. The van der Waals surface area contributed by atoms with Crippen molar-refractivity contribution >= 4 is 11.8 Å². The summed E-state index contributed by atoms with van der Waals surface area (Å²) in [4.78, 5) is 26.2. The van der Waals surface area contributed by atoms with E-state index in [4.69, 9.17) is 5.73 Å². The molecule has 1 aromatic heterocycles. The minimum atomic E-state index is -0.262. The van der Waals surface area contributed by atoms with Crippen molar-refractivity contribution < 1.29 is 9.59 Å².